The standard InChI is InChI=1S/C14H29N3O4S.HI/c1-7-15-13(16-10-12(18)21-14(3,4)5)17-11(2)8-9-22(6,19)20;/h11H,7-10H2,1-6H3,(H2,15,16,17);1H. The van der Waals surface area contributed by atoms with Crippen LogP contribution in [0.2, 0.25) is 0 Å². The highest BCUT2D eigenvalue weighted by Gasteiger charge is 2.16. The Balaban J connectivity index is 0. The average molecular weight is 463 g/mol. The highest BCUT2D eigenvalue weighted by Crippen LogP contribution is 2.06. The molecule has 0 aromatic heterocycles. The Labute approximate surface area is 157 Å². The predicted molar refractivity (Wildman–Crippen MR) is 104 cm³/mol. The number of nitrogens with zero attached hydrogens (tertiary/aromatic N) is 1. The van der Waals surface area contributed by atoms with Crippen LogP contribution in [0.5, 0.6) is 0 Å². The van der Waals surface area contributed by atoms with Crippen LogP contribution >= 0.6 is 24.0 Å². The molecule has 23 heavy (non-hydrogen) atoms. The number of hydrogen-bond acceptors (Lipinski definition) is 5. The van der Waals surface area contributed by atoms with Crippen LogP contribution in [0.25, 0.3) is 0 Å². The summed E-state index contributed by atoms with van der Waals surface area (Å²) < 4.78 is 27.5. The van der Waals surface area contributed by atoms with Gasteiger partial charge >= 0.3 is 5.97 Å². The molecule has 0 aromatic carbocycles. The maximum atomic E-state index is 11.6. The fraction of sp³-hybridized carbons (Fsp3) is 0.857. The zero-order valence-corrected chi connectivity index (χ0v) is 17.9. The molecule has 0 radical (unpaired) electrons. The van der Waals surface area contributed by atoms with Gasteiger partial charge in [0.1, 0.15) is 22.0 Å². The molecule has 9 heteroatoms. The molecule has 0 amide bonds. The Morgan fingerprint density at radius 2 is 1.87 bits per heavy atom. The summed E-state index contributed by atoms with van der Waals surface area (Å²) in [6.07, 6.45) is 1.68. The molecule has 0 aliphatic heterocycles. The van der Waals surface area contributed by atoms with Gasteiger partial charge in [-0.2, -0.15) is 0 Å². The van der Waals surface area contributed by atoms with E-state index in [0.717, 1.165) is 0 Å². The second-order valence-corrected chi connectivity index (χ2v) is 8.51. The van der Waals surface area contributed by atoms with Crippen LogP contribution in [0.1, 0.15) is 41.0 Å². The van der Waals surface area contributed by atoms with E-state index in [0.29, 0.717) is 18.9 Å². The van der Waals surface area contributed by atoms with Crippen molar-refractivity contribution in [2.45, 2.75) is 52.7 Å². The maximum absolute atomic E-state index is 11.6. The third kappa shape index (κ3) is 16.1. The Morgan fingerprint density at radius 3 is 2.30 bits per heavy atom. The number of ether oxygens (including phenoxy) is 1. The highest BCUT2D eigenvalue weighted by atomic mass is 127. The SMILES string of the molecule is CCNC(=NCC(=O)OC(C)(C)C)NC(C)CCS(C)(=O)=O.I. The van der Waals surface area contributed by atoms with Crippen molar-refractivity contribution in [1.29, 1.82) is 0 Å². The second-order valence-electron chi connectivity index (χ2n) is 6.25. The van der Waals surface area contributed by atoms with Gasteiger partial charge in [0.2, 0.25) is 0 Å². The lowest BCUT2D eigenvalue weighted by Crippen LogP contribution is -2.43. The number of halogens is 1. The molecule has 0 aliphatic rings. The molecular formula is C14H30IN3O4S. The predicted octanol–water partition coefficient (Wildman–Crippen LogP) is 1.32. The van der Waals surface area contributed by atoms with E-state index in [1.807, 2.05) is 13.8 Å². The second kappa shape index (κ2) is 11.1. The summed E-state index contributed by atoms with van der Waals surface area (Å²) in [7, 11) is -2.99. The Bertz CT molecular complexity index is 487. The monoisotopic (exact) mass is 463 g/mol. The molecule has 7 nitrogen and oxygen atoms in total. The van der Waals surface area contributed by atoms with Crippen molar-refractivity contribution in [3.05, 3.63) is 0 Å². The van der Waals surface area contributed by atoms with E-state index in [-0.39, 0.29) is 42.3 Å². The summed E-state index contributed by atoms with van der Waals surface area (Å²) in [5.41, 5.74) is -0.541. The quantitative estimate of drug-likeness (QED) is 0.256. The first-order valence-corrected chi connectivity index (χ1v) is 9.43. The smallest absolute Gasteiger partial charge is 0.328 e. The molecule has 0 aliphatic carbocycles. The number of carbonyl (C=O) groups excluding carboxylic acids is 1. The average Bonchev–Trinajstić information content (AvgIpc) is 2.31. The van der Waals surface area contributed by atoms with Crippen molar-refractivity contribution < 1.29 is 17.9 Å². The lowest BCUT2D eigenvalue weighted by molar-refractivity contribution is -0.152. The van der Waals surface area contributed by atoms with Crippen molar-refractivity contribution in [1.82, 2.24) is 10.6 Å². The van der Waals surface area contributed by atoms with Crippen LogP contribution in [0, 0.1) is 0 Å². The number of esters is 1. The van der Waals surface area contributed by atoms with E-state index in [9.17, 15) is 13.2 Å². The number of aliphatic imine (C=N–C) groups is 1. The number of guanidine groups is 1. The molecule has 0 aromatic rings. The van der Waals surface area contributed by atoms with Gasteiger partial charge in [0.25, 0.3) is 0 Å². The third-order valence-electron chi connectivity index (χ3n) is 2.44. The summed E-state index contributed by atoms with van der Waals surface area (Å²) in [4.78, 5) is 15.8. The van der Waals surface area contributed by atoms with Crippen molar-refractivity contribution in [2.75, 3.05) is 25.1 Å². The number of hydrogen-bond donors (Lipinski definition) is 2. The van der Waals surface area contributed by atoms with Gasteiger partial charge in [-0.05, 0) is 41.0 Å². The molecule has 0 fully saturated rings. The Hall–Kier alpha value is -0.580. The fourth-order valence-electron chi connectivity index (χ4n) is 1.53. The fourth-order valence-corrected chi connectivity index (χ4v) is 2.32. The lowest BCUT2D eigenvalue weighted by atomic mass is 10.2. The minimum atomic E-state index is -2.99. The summed E-state index contributed by atoms with van der Waals surface area (Å²) >= 11 is 0. The van der Waals surface area contributed by atoms with Crippen LogP contribution in [0.15, 0.2) is 4.99 Å². The summed E-state index contributed by atoms with van der Waals surface area (Å²) in [6.45, 7) is 9.71. The number of carbonyl (C=O) groups is 1. The van der Waals surface area contributed by atoms with Gasteiger partial charge in [0.15, 0.2) is 5.96 Å². The van der Waals surface area contributed by atoms with Crippen LogP contribution in [0.3, 0.4) is 0 Å². The summed E-state index contributed by atoms with van der Waals surface area (Å²) in [5, 5.41) is 6.09. The van der Waals surface area contributed by atoms with Gasteiger partial charge in [-0.15, -0.1) is 24.0 Å². The molecule has 0 saturated carbocycles. The molecule has 0 rings (SSSR count). The normalized spacial score (nSPS) is 13.7. The van der Waals surface area contributed by atoms with Crippen molar-refractivity contribution in [3.8, 4) is 0 Å². The first-order chi connectivity index (χ1) is 9.93. The molecule has 2 N–H and O–H groups in total. The number of nitrogens with one attached hydrogen (secondary N) is 2. The van der Waals surface area contributed by atoms with Crippen LogP contribution < -0.4 is 10.6 Å². The molecule has 0 spiro atoms. The Kier molecular flexibility index (Phi) is 11.9. The van der Waals surface area contributed by atoms with E-state index >= 15 is 0 Å². The molecular weight excluding hydrogens is 433 g/mol. The van der Waals surface area contributed by atoms with Gasteiger partial charge in [0, 0.05) is 18.8 Å². The first-order valence-electron chi connectivity index (χ1n) is 7.37. The highest BCUT2D eigenvalue weighted by molar-refractivity contribution is 14.0. The van der Waals surface area contributed by atoms with Crippen molar-refractivity contribution >= 4 is 45.7 Å². The topological polar surface area (TPSA) is 96.9 Å². The molecule has 1 unspecified atom stereocenters. The van der Waals surface area contributed by atoms with Crippen molar-refractivity contribution in [2.24, 2.45) is 4.99 Å². The summed E-state index contributed by atoms with van der Waals surface area (Å²) in [5.74, 6) is 0.162. The van der Waals surface area contributed by atoms with Crippen LogP contribution in [-0.2, 0) is 19.4 Å². The van der Waals surface area contributed by atoms with Crippen LogP contribution in [-0.4, -0.2) is 57.1 Å². The van der Waals surface area contributed by atoms with Gasteiger partial charge < -0.3 is 15.4 Å². The van der Waals surface area contributed by atoms with E-state index in [4.69, 9.17) is 4.74 Å². The van der Waals surface area contributed by atoms with Crippen molar-refractivity contribution in [3.63, 3.8) is 0 Å². The minimum absolute atomic E-state index is 0. The molecule has 138 valence electrons. The molecule has 1 atom stereocenters. The third-order valence-corrected chi connectivity index (χ3v) is 3.41. The minimum Gasteiger partial charge on any atom is -0.459 e. The number of rotatable bonds is 7. The van der Waals surface area contributed by atoms with E-state index in [2.05, 4.69) is 15.6 Å². The Morgan fingerprint density at radius 1 is 1.30 bits per heavy atom. The number of sulfone groups is 1. The van der Waals surface area contributed by atoms with Gasteiger partial charge in [-0.3, -0.25) is 4.79 Å². The zero-order valence-electron chi connectivity index (χ0n) is 14.8. The molecule has 0 saturated heterocycles. The van der Waals surface area contributed by atoms with Crippen LogP contribution in [0.4, 0.5) is 0 Å². The van der Waals surface area contributed by atoms with E-state index in [1.165, 1.54) is 6.26 Å². The van der Waals surface area contributed by atoms with Gasteiger partial charge in [0.05, 0.1) is 5.75 Å². The first kappa shape index (κ1) is 24.7. The van der Waals surface area contributed by atoms with E-state index < -0.39 is 21.4 Å². The molecule has 0 heterocycles. The van der Waals surface area contributed by atoms with E-state index in [1.54, 1.807) is 20.8 Å². The van der Waals surface area contributed by atoms with Gasteiger partial charge in [-0.25, -0.2) is 13.4 Å². The zero-order chi connectivity index (χ0) is 17.4. The maximum Gasteiger partial charge on any atom is 0.328 e. The largest absolute Gasteiger partial charge is 0.459 e. The lowest BCUT2D eigenvalue weighted by Gasteiger charge is -2.20. The summed E-state index contributed by atoms with van der Waals surface area (Å²) in [6, 6.07) is -0.0776. The van der Waals surface area contributed by atoms with Gasteiger partial charge in [-0.1, -0.05) is 0 Å². The molecule has 0 bridgehead atoms.